The summed E-state index contributed by atoms with van der Waals surface area (Å²) in [7, 11) is 1.97. The van der Waals surface area contributed by atoms with E-state index in [4.69, 9.17) is 5.73 Å². The van der Waals surface area contributed by atoms with Gasteiger partial charge in [-0.15, -0.1) is 0 Å². The maximum absolute atomic E-state index is 12.3. The smallest absolute Gasteiger partial charge is 0.154 e. The number of nitrogens with zero attached hydrogens (tertiary/aromatic N) is 3. The highest BCUT2D eigenvalue weighted by atomic mass is 16.1. The first kappa shape index (κ1) is 14.2. The van der Waals surface area contributed by atoms with E-state index in [9.17, 15) is 4.79 Å². The van der Waals surface area contributed by atoms with Crippen molar-refractivity contribution in [1.29, 1.82) is 0 Å². The summed E-state index contributed by atoms with van der Waals surface area (Å²) in [5, 5.41) is 0. The molecule has 0 amide bonds. The maximum Gasteiger partial charge on any atom is 0.154 e. The number of ketones is 1. The van der Waals surface area contributed by atoms with Crippen LogP contribution < -0.4 is 5.73 Å². The molecule has 1 aliphatic heterocycles. The zero-order valence-corrected chi connectivity index (χ0v) is 12.5. The molecule has 2 N–H and O–H groups in total. The number of fused-ring (bicyclic) bond motifs is 1. The molecule has 5 heteroatoms. The minimum atomic E-state index is 0.226. The number of Topliss-reactive ketones (excluding diaryl/α,β-unsaturated/α-hetero) is 1. The Bertz CT molecular complexity index is 641. The molecule has 3 rings (SSSR count). The van der Waals surface area contributed by atoms with Crippen LogP contribution in [0.1, 0.15) is 18.7 Å². The van der Waals surface area contributed by atoms with Crippen molar-refractivity contribution in [2.45, 2.75) is 25.3 Å². The third-order valence-electron chi connectivity index (χ3n) is 4.27. The number of carbonyl (C=O) groups is 1. The summed E-state index contributed by atoms with van der Waals surface area (Å²) in [6.45, 7) is 2.36. The van der Waals surface area contributed by atoms with Crippen molar-refractivity contribution in [3.63, 3.8) is 0 Å². The number of hydrogen-bond donors (Lipinski definition) is 1. The van der Waals surface area contributed by atoms with Crippen LogP contribution >= 0.6 is 0 Å². The number of piperidine rings is 1. The van der Waals surface area contributed by atoms with Crippen LogP contribution in [0.2, 0.25) is 0 Å². The lowest BCUT2D eigenvalue weighted by molar-refractivity contribution is -0.119. The lowest BCUT2D eigenvalue weighted by atomic mass is 10.1. The Morgan fingerprint density at radius 3 is 2.76 bits per heavy atom. The Morgan fingerprint density at radius 1 is 1.33 bits per heavy atom. The lowest BCUT2D eigenvalue weighted by Gasteiger charge is -2.29. The fourth-order valence-electron chi connectivity index (χ4n) is 2.95. The van der Waals surface area contributed by atoms with Crippen LogP contribution in [0.25, 0.3) is 11.0 Å². The highest BCUT2D eigenvalue weighted by molar-refractivity contribution is 5.84. The maximum atomic E-state index is 12.3. The molecule has 5 nitrogen and oxygen atoms in total. The van der Waals surface area contributed by atoms with Gasteiger partial charge in [-0.2, -0.15) is 0 Å². The summed E-state index contributed by atoms with van der Waals surface area (Å²) in [5.41, 5.74) is 7.91. The second-order valence-electron chi connectivity index (χ2n) is 5.90. The first-order valence-electron chi connectivity index (χ1n) is 7.53. The van der Waals surface area contributed by atoms with Gasteiger partial charge in [0, 0.05) is 26.2 Å². The van der Waals surface area contributed by atoms with Gasteiger partial charge in [-0.3, -0.25) is 9.69 Å². The van der Waals surface area contributed by atoms with E-state index < -0.39 is 0 Å². The number of benzene rings is 1. The summed E-state index contributed by atoms with van der Waals surface area (Å²) in [6, 6.07) is 8.28. The number of imidazole rings is 1. The van der Waals surface area contributed by atoms with Crippen LogP contribution in [0.5, 0.6) is 0 Å². The summed E-state index contributed by atoms with van der Waals surface area (Å²) >= 11 is 0. The van der Waals surface area contributed by atoms with Crippen LogP contribution in [0.3, 0.4) is 0 Å². The molecule has 0 bridgehead atoms. The molecule has 21 heavy (non-hydrogen) atoms. The quantitative estimate of drug-likeness (QED) is 0.914. The molecular formula is C16H22N4O. The topological polar surface area (TPSA) is 64.2 Å². The average molecular weight is 286 g/mol. The number of aryl methyl sites for hydroxylation is 1. The first-order chi connectivity index (χ1) is 10.1. The number of hydrogen-bond acceptors (Lipinski definition) is 4. The van der Waals surface area contributed by atoms with Crippen LogP contribution in [0.4, 0.5) is 0 Å². The fourth-order valence-corrected chi connectivity index (χ4v) is 2.95. The largest absolute Gasteiger partial charge is 0.331 e. The van der Waals surface area contributed by atoms with Crippen molar-refractivity contribution in [1.82, 2.24) is 14.5 Å². The van der Waals surface area contributed by atoms with E-state index in [0.717, 1.165) is 42.8 Å². The molecule has 1 aliphatic rings. The summed E-state index contributed by atoms with van der Waals surface area (Å²) < 4.78 is 2.01. The average Bonchev–Trinajstić information content (AvgIpc) is 2.78. The van der Waals surface area contributed by atoms with E-state index in [0.29, 0.717) is 19.0 Å². The molecule has 0 saturated carbocycles. The van der Waals surface area contributed by atoms with Crippen molar-refractivity contribution in [3.05, 3.63) is 30.1 Å². The number of para-hydroxylation sites is 2. The molecule has 112 valence electrons. The molecule has 0 spiro atoms. The molecule has 0 unspecified atom stereocenters. The monoisotopic (exact) mass is 286 g/mol. The normalized spacial score (nSPS) is 17.4. The predicted molar refractivity (Wildman–Crippen MR) is 83.1 cm³/mol. The number of rotatable bonds is 4. The Kier molecular flexibility index (Phi) is 4.03. The van der Waals surface area contributed by atoms with Gasteiger partial charge in [0.05, 0.1) is 24.0 Å². The fraction of sp³-hybridized carbons (Fsp3) is 0.500. The summed E-state index contributed by atoms with van der Waals surface area (Å²) in [4.78, 5) is 19.0. The van der Waals surface area contributed by atoms with Crippen molar-refractivity contribution in [2.75, 3.05) is 19.6 Å². The summed E-state index contributed by atoms with van der Waals surface area (Å²) in [6.07, 6.45) is 2.37. The van der Waals surface area contributed by atoms with Gasteiger partial charge in [0.15, 0.2) is 5.78 Å². The minimum Gasteiger partial charge on any atom is -0.331 e. The highest BCUT2D eigenvalue weighted by Crippen LogP contribution is 2.15. The van der Waals surface area contributed by atoms with Crippen molar-refractivity contribution in [2.24, 2.45) is 12.8 Å². The van der Waals surface area contributed by atoms with Gasteiger partial charge in [-0.25, -0.2) is 4.98 Å². The van der Waals surface area contributed by atoms with Crippen LogP contribution in [-0.2, 0) is 18.3 Å². The van der Waals surface area contributed by atoms with Crippen LogP contribution in [0.15, 0.2) is 24.3 Å². The predicted octanol–water partition coefficient (Wildman–Crippen LogP) is 1.11. The molecule has 1 saturated heterocycles. The van der Waals surface area contributed by atoms with E-state index in [1.165, 1.54) is 0 Å². The van der Waals surface area contributed by atoms with E-state index in [1.807, 2.05) is 35.9 Å². The third kappa shape index (κ3) is 3.14. The Hall–Kier alpha value is -1.72. The minimum absolute atomic E-state index is 0.226. The SMILES string of the molecule is Cn1c(CC(=O)CN2CCC(N)CC2)nc2ccccc21. The lowest BCUT2D eigenvalue weighted by Crippen LogP contribution is -2.42. The van der Waals surface area contributed by atoms with Gasteiger partial charge in [0.2, 0.25) is 0 Å². The number of carbonyl (C=O) groups excluding carboxylic acids is 1. The van der Waals surface area contributed by atoms with Crippen LogP contribution in [-0.4, -0.2) is 45.9 Å². The summed E-state index contributed by atoms with van der Waals surface area (Å²) in [5.74, 6) is 1.07. The second kappa shape index (κ2) is 5.95. The van der Waals surface area contributed by atoms with Crippen molar-refractivity contribution in [3.8, 4) is 0 Å². The Labute approximate surface area is 124 Å². The van der Waals surface area contributed by atoms with Gasteiger partial charge < -0.3 is 10.3 Å². The van der Waals surface area contributed by atoms with E-state index in [1.54, 1.807) is 0 Å². The standard InChI is InChI=1S/C16H22N4O/c1-19-15-5-3-2-4-14(15)18-16(19)10-13(21)11-20-8-6-12(17)7-9-20/h2-5,12H,6-11,17H2,1H3. The molecule has 0 radical (unpaired) electrons. The molecule has 2 heterocycles. The Morgan fingerprint density at radius 2 is 2.05 bits per heavy atom. The molecule has 2 aromatic rings. The zero-order valence-electron chi connectivity index (χ0n) is 12.5. The Balaban J connectivity index is 1.65. The van der Waals surface area contributed by atoms with Gasteiger partial charge in [0.1, 0.15) is 5.82 Å². The first-order valence-corrected chi connectivity index (χ1v) is 7.53. The molecular weight excluding hydrogens is 264 g/mol. The molecule has 1 aromatic carbocycles. The number of aromatic nitrogens is 2. The van der Waals surface area contributed by atoms with Crippen molar-refractivity contribution >= 4 is 16.8 Å². The second-order valence-corrected chi connectivity index (χ2v) is 5.90. The number of likely N-dealkylation sites (tertiary alicyclic amines) is 1. The number of nitrogens with two attached hydrogens (primary N) is 1. The molecule has 1 fully saturated rings. The molecule has 0 aliphatic carbocycles. The molecule has 1 aromatic heterocycles. The zero-order chi connectivity index (χ0) is 14.8. The van der Waals surface area contributed by atoms with E-state index >= 15 is 0 Å². The van der Waals surface area contributed by atoms with Crippen molar-refractivity contribution < 1.29 is 4.79 Å². The van der Waals surface area contributed by atoms with Gasteiger partial charge >= 0.3 is 0 Å². The third-order valence-corrected chi connectivity index (χ3v) is 4.27. The van der Waals surface area contributed by atoms with E-state index in [-0.39, 0.29) is 5.78 Å². The van der Waals surface area contributed by atoms with Gasteiger partial charge in [-0.1, -0.05) is 12.1 Å². The van der Waals surface area contributed by atoms with Gasteiger partial charge in [0.25, 0.3) is 0 Å². The molecule has 0 atom stereocenters. The van der Waals surface area contributed by atoms with Crippen LogP contribution in [0, 0.1) is 0 Å². The highest BCUT2D eigenvalue weighted by Gasteiger charge is 2.19. The van der Waals surface area contributed by atoms with Gasteiger partial charge in [-0.05, 0) is 25.0 Å². The van der Waals surface area contributed by atoms with E-state index in [2.05, 4.69) is 9.88 Å².